The molecule has 0 radical (unpaired) electrons. The average molecular weight is 434 g/mol. The summed E-state index contributed by atoms with van der Waals surface area (Å²) in [7, 11) is 1.60. The quantitative estimate of drug-likeness (QED) is 0.636. The predicted molar refractivity (Wildman–Crippen MR) is 107 cm³/mol. The van der Waals surface area contributed by atoms with Crippen LogP contribution in [0, 0.1) is 5.92 Å². The Balaban J connectivity index is 2.11. The van der Waals surface area contributed by atoms with Crippen LogP contribution in [0.4, 0.5) is 0 Å². The Kier molecular flexibility index (Phi) is 6.15. The molecule has 0 saturated heterocycles. The van der Waals surface area contributed by atoms with Gasteiger partial charge in [0.1, 0.15) is 11.7 Å². The minimum absolute atomic E-state index is 0.0812. The summed E-state index contributed by atoms with van der Waals surface area (Å²) >= 11 is 3.52. The van der Waals surface area contributed by atoms with Gasteiger partial charge in [-0.2, -0.15) is 0 Å². The zero-order valence-electron chi connectivity index (χ0n) is 15.9. The molecule has 2 aliphatic rings. The van der Waals surface area contributed by atoms with Crippen LogP contribution in [-0.4, -0.2) is 31.2 Å². The molecule has 1 unspecified atom stereocenters. The minimum Gasteiger partial charge on any atom is -0.496 e. The van der Waals surface area contributed by atoms with E-state index >= 15 is 0 Å². The van der Waals surface area contributed by atoms with Crippen LogP contribution in [0.1, 0.15) is 51.0 Å². The largest absolute Gasteiger partial charge is 0.496 e. The lowest BCUT2D eigenvalue weighted by atomic mass is 9.72. The number of aliphatic imine (C=N–C) groups is 1. The molecule has 3 rings (SSSR count). The Morgan fingerprint density at radius 2 is 2.11 bits per heavy atom. The maximum absolute atomic E-state index is 12.9. The first-order valence-electron chi connectivity index (χ1n) is 9.29. The Morgan fingerprint density at radius 1 is 1.33 bits per heavy atom. The molecule has 0 spiro atoms. The fourth-order valence-electron chi connectivity index (χ4n) is 3.84. The van der Waals surface area contributed by atoms with Gasteiger partial charge in [-0.1, -0.05) is 13.0 Å². The van der Waals surface area contributed by atoms with Gasteiger partial charge in [0.2, 0.25) is 0 Å². The van der Waals surface area contributed by atoms with Gasteiger partial charge < -0.3 is 9.47 Å². The summed E-state index contributed by atoms with van der Waals surface area (Å²) in [5.41, 5.74) is 3.09. The van der Waals surface area contributed by atoms with E-state index in [0.29, 0.717) is 30.1 Å². The maximum atomic E-state index is 12.9. The monoisotopic (exact) mass is 433 g/mol. The van der Waals surface area contributed by atoms with Crippen molar-refractivity contribution in [3.05, 3.63) is 39.5 Å². The van der Waals surface area contributed by atoms with Gasteiger partial charge in [-0.25, -0.2) is 0 Å². The van der Waals surface area contributed by atoms with E-state index in [-0.39, 0.29) is 17.7 Å². The zero-order valence-corrected chi connectivity index (χ0v) is 17.5. The summed E-state index contributed by atoms with van der Waals surface area (Å²) in [4.78, 5) is 30.3. The zero-order chi connectivity index (χ0) is 19.6. The van der Waals surface area contributed by atoms with Crippen LogP contribution < -0.4 is 4.74 Å². The molecule has 0 amide bonds. The Bertz CT molecular complexity index is 827. The molecule has 0 fully saturated rings. The number of Topliss-reactive ketones (excluding diaryl/α,β-unsaturated/α-hetero) is 1. The SMILES string of the molecule is CCCOC(=O)C1C(C)=NC2=C(C(=O)CCC2)[C@H]1c1ccc(OC)c(Br)c1. The number of benzene rings is 1. The number of carbonyl (C=O) groups excluding carboxylic acids is 2. The number of ketones is 1. The van der Waals surface area contributed by atoms with Crippen molar-refractivity contribution in [2.24, 2.45) is 10.9 Å². The molecule has 0 aromatic heterocycles. The van der Waals surface area contributed by atoms with Gasteiger partial charge in [-0.05, 0) is 59.8 Å². The molecule has 0 N–H and O–H groups in total. The van der Waals surface area contributed by atoms with Crippen molar-refractivity contribution in [2.75, 3.05) is 13.7 Å². The summed E-state index contributed by atoms with van der Waals surface area (Å²) in [5, 5.41) is 0. The molecule has 1 aromatic rings. The average Bonchev–Trinajstić information content (AvgIpc) is 2.65. The lowest BCUT2D eigenvalue weighted by Crippen LogP contribution is -2.37. The van der Waals surface area contributed by atoms with Crippen molar-refractivity contribution in [1.29, 1.82) is 0 Å². The molecule has 6 heteroatoms. The normalized spacial score (nSPS) is 22.2. The van der Waals surface area contributed by atoms with Gasteiger partial charge in [0.25, 0.3) is 0 Å². The third-order valence-corrected chi connectivity index (χ3v) is 5.69. The topological polar surface area (TPSA) is 65.0 Å². The van der Waals surface area contributed by atoms with E-state index in [2.05, 4.69) is 20.9 Å². The lowest BCUT2D eigenvalue weighted by molar-refractivity contribution is -0.146. The number of allylic oxidation sites excluding steroid dienone is 2. The number of esters is 1. The van der Waals surface area contributed by atoms with Gasteiger partial charge in [0, 0.05) is 29.3 Å². The van der Waals surface area contributed by atoms with E-state index in [4.69, 9.17) is 9.47 Å². The summed E-state index contributed by atoms with van der Waals surface area (Å²) in [6.45, 7) is 4.17. The number of nitrogens with zero attached hydrogens (tertiary/aromatic N) is 1. The number of halogens is 1. The first-order valence-corrected chi connectivity index (χ1v) is 10.1. The number of methoxy groups -OCH3 is 1. The molecule has 1 aliphatic carbocycles. The second kappa shape index (κ2) is 8.38. The third-order valence-electron chi connectivity index (χ3n) is 5.07. The van der Waals surface area contributed by atoms with Crippen LogP contribution in [0.25, 0.3) is 0 Å². The third kappa shape index (κ3) is 3.86. The van der Waals surface area contributed by atoms with E-state index in [1.807, 2.05) is 32.0 Å². The summed E-state index contributed by atoms with van der Waals surface area (Å²) in [6.07, 6.45) is 2.82. The van der Waals surface area contributed by atoms with Crippen LogP contribution >= 0.6 is 15.9 Å². The van der Waals surface area contributed by atoms with Crippen LogP contribution in [0.15, 0.2) is 38.9 Å². The first kappa shape index (κ1) is 19.8. The van der Waals surface area contributed by atoms with Crippen molar-refractivity contribution in [1.82, 2.24) is 0 Å². The standard InChI is InChI=1S/C21H24BrNO4/c1-4-10-27-21(25)18-12(2)23-15-6-5-7-16(24)20(15)19(18)13-8-9-17(26-3)14(22)11-13/h8-9,11,18-19H,4-7,10H2,1-3H3/t18?,19-/m0/s1. The van der Waals surface area contributed by atoms with Gasteiger partial charge in [0.05, 0.1) is 18.2 Å². The maximum Gasteiger partial charge on any atom is 0.315 e. The predicted octanol–water partition coefficient (Wildman–Crippen LogP) is 4.59. The summed E-state index contributed by atoms with van der Waals surface area (Å²) in [5.74, 6) is -0.499. The minimum atomic E-state index is -0.586. The Labute approximate surface area is 168 Å². The van der Waals surface area contributed by atoms with Gasteiger partial charge >= 0.3 is 5.97 Å². The van der Waals surface area contributed by atoms with Crippen LogP contribution in [-0.2, 0) is 14.3 Å². The first-order chi connectivity index (χ1) is 13.0. The van der Waals surface area contributed by atoms with Crippen molar-refractivity contribution in [2.45, 2.75) is 45.4 Å². The molecule has 0 saturated carbocycles. The summed E-state index contributed by atoms with van der Waals surface area (Å²) < 4.78 is 11.6. The highest BCUT2D eigenvalue weighted by Crippen LogP contribution is 2.44. The van der Waals surface area contributed by atoms with Crippen molar-refractivity contribution < 1.29 is 19.1 Å². The highest BCUT2D eigenvalue weighted by atomic mass is 79.9. The Morgan fingerprint density at radius 3 is 2.78 bits per heavy atom. The molecule has 2 atom stereocenters. The van der Waals surface area contributed by atoms with Crippen molar-refractivity contribution in [3.8, 4) is 5.75 Å². The number of rotatable bonds is 5. The van der Waals surface area contributed by atoms with Crippen LogP contribution in [0.3, 0.4) is 0 Å². The molecular weight excluding hydrogens is 410 g/mol. The smallest absolute Gasteiger partial charge is 0.315 e. The number of carbonyl (C=O) groups is 2. The van der Waals surface area contributed by atoms with Crippen molar-refractivity contribution >= 4 is 33.4 Å². The van der Waals surface area contributed by atoms with E-state index < -0.39 is 5.92 Å². The fourth-order valence-corrected chi connectivity index (χ4v) is 4.40. The molecule has 0 bridgehead atoms. The summed E-state index contributed by atoms with van der Waals surface area (Å²) in [6, 6.07) is 5.69. The van der Waals surface area contributed by atoms with Gasteiger partial charge in [-0.15, -0.1) is 0 Å². The van der Waals surface area contributed by atoms with Gasteiger partial charge in [0.15, 0.2) is 5.78 Å². The number of hydrogen-bond donors (Lipinski definition) is 0. The van der Waals surface area contributed by atoms with Gasteiger partial charge in [-0.3, -0.25) is 14.6 Å². The highest BCUT2D eigenvalue weighted by molar-refractivity contribution is 9.10. The molecule has 144 valence electrons. The highest BCUT2D eigenvalue weighted by Gasteiger charge is 2.43. The lowest BCUT2D eigenvalue weighted by Gasteiger charge is -2.34. The Hall–Kier alpha value is -1.95. The molecule has 1 aliphatic heterocycles. The number of hydrogen-bond acceptors (Lipinski definition) is 5. The van der Waals surface area contributed by atoms with E-state index in [1.165, 1.54) is 0 Å². The molecular formula is C21H24BrNO4. The van der Waals surface area contributed by atoms with E-state index in [9.17, 15) is 9.59 Å². The van der Waals surface area contributed by atoms with Crippen LogP contribution in [0.2, 0.25) is 0 Å². The van der Waals surface area contributed by atoms with Crippen molar-refractivity contribution in [3.63, 3.8) is 0 Å². The fraction of sp³-hybridized carbons (Fsp3) is 0.476. The second-order valence-electron chi connectivity index (χ2n) is 6.91. The molecule has 1 heterocycles. The van der Waals surface area contributed by atoms with E-state index in [1.54, 1.807) is 7.11 Å². The second-order valence-corrected chi connectivity index (χ2v) is 7.76. The molecule has 5 nitrogen and oxygen atoms in total. The molecule has 27 heavy (non-hydrogen) atoms. The van der Waals surface area contributed by atoms with E-state index in [0.717, 1.165) is 35.0 Å². The number of ether oxygens (including phenoxy) is 2. The van der Waals surface area contributed by atoms with Crippen LogP contribution in [0.5, 0.6) is 5.75 Å². The molecule has 1 aromatic carbocycles.